The van der Waals surface area contributed by atoms with E-state index in [0.717, 1.165) is 23.1 Å². The zero-order valence-electron chi connectivity index (χ0n) is 18.5. The molecule has 0 aliphatic carbocycles. The number of furan rings is 1. The summed E-state index contributed by atoms with van der Waals surface area (Å²) in [6, 6.07) is 11.3. The lowest BCUT2D eigenvalue weighted by molar-refractivity contribution is -0.910. The zero-order chi connectivity index (χ0) is 24.1. The first-order chi connectivity index (χ1) is 16.5. The summed E-state index contributed by atoms with van der Waals surface area (Å²) in [5.41, 5.74) is 9.84. The first-order valence-electron chi connectivity index (χ1n) is 10.6. The number of benzene rings is 1. The van der Waals surface area contributed by atoms with E-state index < -0.39 is 5.91 Å². The molecule has 0 bridgehead atoms. The van der Waals surface area contributed by atoms with E-state index in [1.54, 1.807) is 6.07 Å². The molecule has 0 saturated heterocycles. The second-order valence-electron chi connectivity index (χ2n) is 7.31. The van der Waals surface area contributed by atoms with Gasteiger partial charge in [0, 0.05) is 10.0 Å². The highest BCUT2D eigenvalue weighted by Crippen LogP contribution is 2.23. The maximum absolute atomic E-state index is 12.9. The van der Waals surface area contributed by atoms with Crippen LogP contribution in [0.1, 0.15) is 35.8 Å². The molecule has 0 unspecified atom stereocenters. The van der Waals surface area contributed by atoms with E-state index in [0.29, 0.717) is 23.8 Å². The van der Waals surface area contributed by atoms with Gasteiger partial charge in [-0.1, -0.05) is 33.3 Å². The molecule has 4 N–H and O–H groups in total. The fourth-order valence-corrected chi connectivity index (χ4v) is 3.54. The molecule has 1 amide bonds. The predicted octanol–water partition coefficient (Wildman–Crippen LogP) is 1.44. The molecule has 0 spiro atoms. The topological polar surface area (TPSA) is 155 Å². The number of quaternary nitrogens is 1. The van der Waals surface area contributed by atoms with Gasteiger partial charge in [-0.15, -0.1) is 5.10 Å². The molecule has 12 nitrogen and oxygen atoms in total. The number of hydrogen-bond acceptors (Lipinski definition) is 9. The smallest absolute Gasteiger partial charge is 0.294 e. The summed E-state index contributed by atoms with van der Waals surface area (Å²) in [6.07, 6.45) is 1.42. The Morgan fingerprint density at radius 1 is 1.21 bits per heavy atom. The number of rotatable bonds is 9. The fraction of sp³-hybridized carbons (Fsp3) is 0.238. The maximum atomic E-state index is 12.9. The number of amides is 1. The van der Waals surface area contributed by atoms with Gasteiger partial charge in [-0.25, -0.2) is 10.1 Å². The van der Waals surface area contributed by atoms with Crippen molar-refractivity contribution in [2.45, 2.75) is 20.4 Å². The van der Waals surface area contributed by atoms with E-state index in [9.17, 15) is 4.79 Å². The Labute approximate surface area is 202 Å². The molecule has 13 heteroatoms. The third-order valence-corrected chi connectivity index (χ3v) is 5.73. The summed E-state index contributed by atoms with van der Waals surface area (Å²) in [5.74, 6) is 0.860. The van der Waals surface area contributed by atoms with Crippen molar-refractivity contribution in [3.8, 4) is 17.1 Å². The number of hydrazone groups is 1. The van der Waals surface area contributed by atoms with E-state index in [1.165, 1.54) is 15.8 Å². The number of nitrogens with two attached hydrogens (primary N) is 1. The number of carbonyl (C=O) groups is 1. The minimum absolute atomic E-state index is 0.0464. The molecule has 0 atom stereocenters. The monoisotopic (exact) mass is 528 g/mol. The lowest BCUT2D eigenvalue weighted by atomic mass is 10.2. The summed E-state index contributed by atoms with van der Waals surface area (Å²) < 4.78 is 12.8. The van der Waals surface area contributed by atoms with E-state index in [-0.39, 0.29) is 17.3 Å². The van der Waals surface area contributed by atoms with Crippen LogP contribution in [0.25, 0.3) is 17.1 Å². The van der Waals surface area contributed by atoms with Gasteiger partial charge in [-0.05, 0) is 48.4 Å². The Hall–Kier alpha value is -3.84. The maximum Gasteiger partial charge on any atom is 0.294 e. The van der Waals surface area contributed by atoms with Crippen LogP contribution < -0.4 is 16.1 Å². The molecule has 0 saturated carbocycles. The highest BCUT2D eigenvalue weighted by molar-refractivity contribution is 9.10. The van der Waals surface area contributed by atoms with Crippen molar-refractivity contribution in [1.29, 1.82) is 0 Å². The van der Waals surface area contributed by atoms with Crippen LogP contribution in [0.4, 0.5) is 5.82 Å². The number of anilines is 1. The fourth-order valence-electron chi connectivity index (χ4n) is 3.28. The van der Waals surface area contributed by atoms with E-state index in [2.05, 4.69) is 65.6 Å². The third kappa shape index (κ3) is 5.05. The van der Waals surface area contributed by atoms with Crippen LogP contribution in [-0.2, 0) is 6.54 Å². The standard InChI is InChI=1S/C21H22BrN9O3/c1-3-30(4-2)12-16-18(25-29-31(16)20-19(23)27-34-28-20)21(32)26-24-11-15-9-10-17(33-15)13-5-7-14(22)8-6-13/h5-11H,3-4,12H2,1-2H3,(H2,23,27)(H,26,32)/p+1/b24-11-. The largest absolute Gasteiger partial charge is 0.455 e. The van der Waals surface area contributed by atoms with Crippen molar-refractivity contribution >= 4 is 33.9 Å². The molecule has 0 radical (unpaired) electrons. The Morgan fingerprint density at radius 2 is 1.97 bits per heavy atom. The number of aromatic nitrogens is 5. The summed E-state index contributed by atoms with van der Waals surface area (Å²) in [4.78, 5) is 14.1. The normalized spacial score (nSPS) is 11.5. The number of nitrogens with one attached hydrogen (secondary N) is 2. The van der Waals surface area contributed by atoms with Gasteiger partial charge in [0.2, 0.25) is 11.6 Å². The molecular formula is C21H23BrN9O3+. The zero-order valence-corrected chi connectivity index (χ0v) is 20.1. The second kappa shape index (κ2) is 10.4. The van der Waals surface area contributed by atoms with Crippen molar-refractivity contribution in [3.63, 3.8) is 0 Å². The average molecular weight is 529 g/mol. The summed E-state index contributed by atoms with van der Waals surface area (Å²) >= 11 is 3.41. The molecule has 4 aromatic rings. The number of nitrogen functional groups attached to an aromatic ring is 1. The van der Waals surface area contributed by atoms with Crippen LogP contribution in [0, 0.1) is 0 Å². The van der Waals surface area contributed by atoms with Crippen molar-refractivity contribution in [3.05, 3.63) is 58.0 Å². The number of nitrogens with zero attached hydrogens (tertiary/aromatic N) is 6. The van der Waals surface area contributed by atoms with Gasteiger partial charge in [-0.2, -0.15) is 9.78 Å². The van der Waals surface area contributed by atoms with Gasteiger partial charge in [0.25, 0.3) is 5.91 Å². The predicted molar refractivity (Wildman–Crippen MR) is 126 cm³/mol. The molecule has 34 heavy (non-hydrogen) atoms. The third-order valence-electron chi connectivity index (χ3n) is 5.21. The van der Waals surface area contributed by atoms with Crippen LogP contribution in [0.2, 0.25) is 0 Å². The van der Waals surface area contributed by atoms with Crippen molar-refractivity contribution < 1.29 is 18.7 Å². The average Bonchev–Trinajstić information content (AvgIpc) is 3.57. The van der Waals surface area contributed by atoms with Gasteiger partial charge in [-0.3, -0.25) is 4.79 Å². The summed E-state index contributed by atoms with van der Waals surface area (Å²) in [7, 11) is 0. The Bertz CT molecular complexity index is 1290. The van der Waals surface area contributed by atoms with Crippen molar-refractivity contribution in [2.24, 2.45) is 5.10 Å². The lowest BCUT2D eigenvalue weighted by Crippen LogP contribution is -3.10. The van der Waals surface area contributed by atoms with Gasteiger partial charge >= 0.3 is 0 Å². The molecule has 0 fully saturated rings. The number of hydrogen-bond donors (Lipinski definition) is 3. The lowest BCUT2D eigenvalue weighted by Gasteiger charge is -2.15. The molecule has 4 rings (SSSR count). The molecule has 0 aliphatic heterocycles. The summed E-state index contributed by atoms with van der Waals surface area (Å²) in [6.45, 7) is 6.25. The van der Waals surface area contributed by atoms with E-state index in [1.807, 2.05) is 30.3 Å². The van der Waals surface area contributed by atoms with Crippen molar-refractivity contribution in [1.82, 2.24) is 30.7 Å². The SMILES string of the molecule is CC[NH+](CC)Cc1c(C(=O)N/N=C\c2ccc(-c3ccc(Br)cc3)o2)nnn1-c1nonc1N. The molecule has 1 aromatic carbocycles. The second-order valence-corrected chi connectivity index (χ2v) is 8.23. The Kier molecular flexibility index (Phi) is 7.13. The first-order valence-corrected chi connectivity index (χ1v) is 11.3. The Morgan fingerprint density at radius 3 is 2.65 bits per heavy atom. The highest BCUT2D eigenvalue weighted by Gasteiger charge is 2.26. The highest BCUT2D eigenvalue weighted by atomic mass is 79.9. The molecular weight excluding hydrogens is 506 g/mol. The molecule has 176 valence electrons. The van der Waals surface area contributed by atoms with Crippen LogP contribution in [0.5, 0.6) is 0 Å². The minimum atomic E-state index is -0.529. The number of carbonyl (C=O) groups excluding carboxylic acids is 1. The van der Waals surface area contributed by atoms with Gasteiger partial charge in [0.1, 0.15) is 23.8 Å². The van der Waals surface area contributed by atoms with E-state index in [4.69, 9.17) is 10.2 Å². The molecule has 3 heterocycles. The Balaban J connectivity index is 1.51. The summed E-state index contributed by atoms with van der Waals surface area (Å²) in [5, 5.41) is 19.4. The van der Waals surface area contributed by atoms with Crippen LogP contribution >= 0.6 is 15.9 Å². The van der Waals surface area contributed by atoms with E-state index >= 15 is 0 Å². The minimum Gasteiger partial charge on any atom is -0.455 e. The van der Waals surface area contributed by atoms with Crippen LogP contribution in [0.15, 0.2) is 55.0 Å². The van der Waals surface area contributed by atoms with Crippen molar-refractivity contribution in [2.75, 3.05) is 18.8 Å². The first kappa shape index (κ1) is 23.3. The number of halogens is 1. The van der Waals surface area contributed by atoms with Gasteiger partial charge in [0.15, 0.2) is 5.69 Å². The van der Waals surface area contributed by atoms with Gasteiger partial charge in [0.05, 0.1) is 19.3 Å². The van der Waals surface area contributed by atoms with Gasteiger partial charge < -0.3 is 15.1 Å². The van der Waals surface area contributed by atoms with Crippen LogP contribution in [0.3, 0.4) is 0 Å². The van der Waals surface area contributed by atoms with Crippen LogP contribution in [-0.4, -0.2) is 50.5 Å². The molecule has 0 aliphatic rings. The quantitative estimate of drug-likeness (QED) is 0.217. The molecule has 3 aromatic heterocycles.